The van der Waals surface area contributed by atoms with Crippen molar-refractivity contribution < 1.29 is 33.6 Å². The van der Waals surface area contributed by atoms with Gasteiger partial charge in [0.15, 0.2) is 11.5 Å². The van der Waals surface area contributed by atoms with Crippen molar-refractivity contribution in [1.82, 2.24) is 0 Å². The van der Waals surface area contributed by atoms with Gasteiger partial charge in [0, 0.05) is 17.3 Å². The topological polar surface area (TPSA) is 94.5 Å². The van der Waals surface area contributed by atoms with E-state index in [0.717, 1.165) is 0 Å². The Balaban J connectivity index is 1.68. The molecule has 0 aromatic heterocycles. The highest BCUT2D eigenvalue weighted by Gasteiger charge is 2.47. The molecule has 0 aliphatic carbocycles. The van der Waals surface area contributed by atoms with Gasteiger partial charge in [-0.2, -0.15) is 0 Å². The Labute approximate surface area is 218 Å². The van der Waals surface area contributed by atoms with Crippen molar-refractivity contribution >= 4 is 34.7 Å². The van der Waals surface area contributed by atoms with E-state index in [1.807, 2.05) is 6.92 Å². The number of hydrogen-bond donors (Lipinski definition) is 1. The number of aliphatic hydroxyl groups is 1. The van der Waals surface area contributed by atoms with E-state index in [0.29, 0.717) is 64.7 Å². The minimum Gasteiger partial charge on any atom is -0.507 e. The van der Waals surface area contributed by atoms with E-state index >= 15 is 0 Å². The largest absolute Gasteiger partial charge is 0.507 e. The standard InChI is InChI=1S/C28H24ClNO7/c1-3-35-22-14-17(6-10-20(22)29)26(31)24-25(16-4-8-19(34-2)9-5-16)30(28(33)27(24)32)18-7-11-21-23(15-18)37-13-12-36-21/h4-11,14-15,25,31H,3,12-13H2,1-2H3/b26-24+. The quantitative estimate of drug-likeness (QED) is 0.272. The Kier molecular flexibility index (Phi) is 6.67. The van der Waals surface area contributed by atoms with E-state index < -0.39 is 17.7 Å². The number of Topliss-reactive ketones (excluding diaryl/α,β-unsaturated/α-hetero) is 1. The fourth-order valence-electron chi connectivity index (χ4n) is 4.45. The van der Waals surface area contributed by atoms with Crippen LogP contribution in [-0.4, -0.2) is 43.7 Å². The summed E-state index contributed by atoms with van der Waals surface area (Å²) in [5.41, 5.74) is 1.27. The maximum absolute atomic E-state index is 13.4. The summed E-state index contributed by atoms with van der Waals surface area (Å²) >= 11 is 6.22. The molecule has 9 heteroatoms. The van der Waals surface area contributed by atoms with Crippen LogP contribution in [0, 0.1) is 0 Å². The number of halogens is 1. The van der Waals surface area contributed by atoms with E-state index in [1.165, 1.54) is 4.90 Å². The molecule has 1 atom stereocenters. The molecule has 0 saturated carbocycles. The molecular formula is C28H24ClNO7. The first kappa shape index (κ1) is 24.5. The van der Waals surface area contributed by atoms with Crippen molar-refractivity contribution in [3.8, 4) is 23.0 Å². The Morgan fingerprint density at radius 2 is 1.76 bits per heavy atom. The highest BCUT2D eigenvalue weighted by Crippen LogP contribution is 2.45. The molecule has 37 heavy (non-hydrogen) atoms. The zero-order chi connectivity index (χ0) is 26.1. The maximum atomic E-state index is 13.4. The lowest BCUT2D eigenvalue weighted by molar-refractivity contribution is -0.132. The second kappa shape index (κ2) is 10.1. The second-order valence-corrected chi connectivity index (χ2v) is 8.76. The summed E-state index contributed by atoms with van der Waals surface area (Å²) in [6, 6.07) is 15.8. The number of benzene rings is 3. The van der Waals surface area contributed by atoms with Crippen LogP contribution in [0.4, 0.5) is 5.69 Å². The first-order chi connectivity index (χ1) is 17.9. The lowest BCUT2D eigenvalue weighted by atomic mass is 9.95. The summed E-state index contributed by atoms with van der Waals surface area (Å²) in [6.07, 6.45) is 0. The van der Waals surface area contributed by atoms with Gasteiger partial charge in [0.1, 0.15) is 30.5 Å². The molecule has 1 amide bonds. The van der Waals surface area contributed by atoms with E-state index in [-0.39, 0.29) is 11.3 Å². The van der Waals surface area contributed by atoms with Crippen molar-refractivity contribution in [2.24, 2.45) is 0 Å². The minimum absolute atomic E-state index is 0.0603. The molecule has 3 aromatic carbocycles. The van der Waals surface area contributed by atoms with E-state index in [4.69, 9.17) is 30.5 Å². The molecule has 0 spiro atoms. The normalized spacial score (nSPS) is 18.1. The van der Waals surface area contributed by atoms with E-state index in [9.17, 15) is 14.7 Å². The van der Waals surface area contributed by atoms with E-state index in [1.54, 1.807) is 67.8 Å². The van der Waals surface area contributed by atoms with Crippen LogP contribution in [0.3, 0.4) is 0 Å². The van der Waals surface area contributed by atoms with Crippen molar-refractivity contribution in [2.75, 3.05) is 31.8 Å². The minimum atomic E-state index is -0.917. The fourth-order valence-corrected chi connectivity index (χ4v) is 4.63. The molecule has 190 valence electrons. The summed E-state index contributed by atoms with van der Waals surface area (Å²) in [5.74, 6) is 0.0562. The Morgan fingerprint density at radius 3 is 2.46 bits per heavy atom. The molecule has 1 N–H and O–H groups in total. The second-order valence-electron chi connectivity index (χ2n) is 8.35. The number of nitrogens with zero attached hydrogens (tertiary/aromatic N) is 1. The molecule has 8 nitrogen and oxygen atoms in total. The zero-order valence-corrected chi connectivity index (χ0v) is 20.9. The molecule has 2 heterocycles. The van der Waals surface area contributed by atoms with Crippen LogP contribution in [-0.2, 0) is 9.59 Å². The predicted molar refractivity (Wildman–Crippen MR) is 138 cm³/mol. The van der Waals surface area contributed by atoms with Gasteiger partial charge in [0.05, 0.1) is 30.4 Å². The van der Waals surface area contributed by atoms with E-state index in [2.05, 4.69) is 0 Å². The highest BCUT2D eigenvalue weighted by atomic mass is 35.5. The van der Waals surface area contributed by atoms with Crippen LogP contribution >= 0.6 is 11.6 Å². The van der Waals surface area contributed by atoms with Crippen molar-refractivity contribution in [2.45, 2.75) is 13.0 Å². The molecule has 0 bridgehead atoms. The van der Waals surface area contributed by atoms with Crippen molar-refractivity contribution in [1.29, 1.82) is 0 Å². The summed E-state index contributed by atoms with van der Waals surface area (Å²) in [4.78, 5) is 28.2. The summed E-state index contributed by atoms with van der Waals surface area (Å²) in [5, 5.41) is 11.8. The number of rotatable bonds is 6. The summed E-state index contributed by atoms with van der Waals surface area (Å²) < 4.78 is 22.1. The third-order valence-corrected chi connectivity index (χ3v) is 6.50. The lowest BCUT2D eigenvalue weighted by Gasteiger charge is -2.27. The van der Waals surface area contributed by atoms with Crippen LogP contribution in [0.25, 0.3) is 5.76 Å². The Bertz CT molecular complexity index is 1400. The molecule has 1 fully saturated rings. The first-order valence-electron chi connectivity index (χ1n) is 11.7. The van der Waals surface area contributed by atoms with Gasteiger partial charge < -0.3 is 24.1 Å². The average Bonchev–Trinajstić information content (AvgIpc) is 3.19. The van der Waals surface area contributed by atoms with Gasteiger partial charge in [-0.1, -0.05) is 23.7 Å². The third kappa shape index (κ3) is 4.44. The fraction of sp³-hybridized carbons (Fsp3) is 0.214. The van der Waals surface area contributed by atoms with Gasteiger partial charge in [0.25, 0.3) is 11.7 Å². The molecule has 3 aromatic rings. The predicted octanol–water partition coefficient (Wildman–Crippen LogP) is 5.14. The van der Waals surface area contributed by atoms with Crippen LogP contribution in [0.2, 0.25) is 5.02 Å². The number of carbonyl (C=O) groups excluding carboxylic acids is 2. The number of hydrogen-bond acceptors (Lipinski definition) is 7. The van der Waals surface area contributed by atoms with Gasteiger partial charge in [-0.25, -0.2) is 0 Å². The summed E-state index contributed by atoms with van der Waals surface area (Å²) in [6.45, 7) is 2.97. The van der Waals surface area contributed by atoms with Crippen molar-refractivity contribution in [3.05, 3.63) is 82.4 Å². The Morgan fingerprint density at radius 1 is 1.03 bits per heavy atom. The van der Waals surface area contributed by atoms with Gasteiger partial charge in [0.2, 0.25) is 0 Å². The molecule has 2 aliphatic heterocycles. The number of ketones is 1. The van der Waals surface area contributed by atoms with Crippen LogP contribution in [0.1, 0.15) is 24.1 Å². The smallest absolute Gasteiger partial charge is 0.300 e. The number of aliphatic hydroxyl groups excluding tert-OH is 1. The number of ether oxygens (including phenoxy) is 4. The van der Waals surface area contributed by atoms with Crippen molar-refractivity contribution in [3.63, 3.8) is 0 Å². The first-order valence-corrected chi connectivity index (χ1v) is 12.1. The lowest BCUT2D eigenvalue weighted by Crippen LogP contribution is -2.29. The zero-order valence-electron chi connectivity index (χ0n) is 20.2. The van der Waals surface area contributed by atoms with Gasteiger partial charge >= 0.3 is 0 Å². The number of amides is 1. The van der Waals surface area contributed by atoms with Crippen LogP contribution in [0.15, 0.2) is 66.2 Å². The molecule has 2 aliphatic rings. The van der Waals surface area contributed by atoms with Crippen LogP contribution < -0.4 is 23.8 Å². The molecule has 1 unspecified atom stereocenters. The SMILES string of the molecule is CCOc1cc(/C(O)=C2\C(=O)C(=O)N(c3ccc4c(c3)OCCO4)C2c2ccc(OC)cc2)ccc1Cl. The monoisotopic (exact) mass is 521 g/mol. The maximum Gasteiger partial charge on any atom is 0.300 e. The number of anilines is 1. The Hall–Kier alpha value is -4.17. The number of methoxy groups -OCH3 is 1. The van der Waals surface area contributed by atoms with Gasteiger partial charge in [-0.15, -0.1) is 0 Å². The van der Waals surface area contributed by atoms with Gasteiger partial charge in [-0.05, 0) is 55.0 Å². The number of fused-ring (bicyclic) bond motifs is 1. The molecule has 0 radical (unpaired) electrons. The average molecular weight is 522 g/mol. The highest BCUT2D eigenvalue weighted by molar-refractivity contribution is 6.51. The molecular weight excluding hydrogens is 498 g/mol. The third-order valence-electron chi connectivity index (χ3n) is 6.18. The summed E-state index contributed by atoms with van der Waals surface area (Å²) in [7, 11) is 1.55. The molecule has 1 saturated heterocycles. The number of carbonyl (C=O) groups is 2. The molecule has 5 rings (SSSR count). The van der Waals surface area contributed by atoms with Crippen LogP contribution in [0.5, 0.6) is 23.0 Å². The van der Waals surface area contributed by atoms with Gasteiger partial charge in [-0.3, -0.25) is 14.5 Å².